The Hall–Kier alpha value is -5.92. The van der Waals surface area contributed by atoms with Crippen LogP contribution in [-0.2, 0) is 32.0 Å². The molecule has 320 valence electrons. The largest absolute Gasteiger partial charge is 0.497 e. The van der Waals surface area contributed by atoms with Crippen molar-refractivity contribution < 1.29 is 43.3 Å². The maximum atomic E-state index is 13.2. The molecule has 2 aromatic heterocycles. The Morgan fingerprint density at radius 3 is 1.39 bits per heavy atom. The standard InChI is InChI=1S/C28H28ClNO5S.C20H15ClO4S/c1-28(2,3)35-25(32)16-21(30)15-22(31)13-19-14-24(26(33)17-7-11-23(34-4)12-8-17)36-27(19)18-5-9-20(29)10-6-18;1-25-16-8-4-12(5-9-16)19(24)17-10-14(11-18(22)23)20(26-17)13-2-6-15(21)7-3-13/h5-12,14,30H,13,15-16H2,1-4H3;2-10H,11H2,1H3,(H,22,23). The van der Waals surface area contributed by atoms with Gasteiger partial charge in [0.25, 0.3) is 0 Å². The summed E-state index contributed by atoms with van der Waals surface area (Å²) in [6.45, 7) is 5.25. The molecule has 4 aromatic carbocycles. The van der Waals surface area contributed by atoms with Crippen molar-refractivity contribution in [1.29, 1.82) is 5.41 Å². The van der Waals surface area contributed by atoms with E-state index in [4.69, 9.17) is 42.8 Å². The minimum atomic E-state index is -0.943. The number of ether oxygens (including phenoxy) is 3. The van der Waals surface area contributed by atoms with Crippen LogP contribution in [0.4, 0.5) is 0 Å². The fourth-order valence-corrected chi connectivity index (χ4v) is 8.64. The first-order chi connectivity index (χ1) is 29.4. The van der Waals surface area contributed by atoms with E-state index in [1.807, 2.05) is 24.3 Å². The topological polar surface area (TPSA) is 157 Å². The van der Waals surface area contributed by atoms with Crippen LogP contribution in [0.1, 0.15) is 75.2 Å². The molecule has 0 radical (unpaired) electrons. The predicted octanol–water partition coefficient (Wildman–Crippen LogP) is 11.5. The second-order valence-corrected chi connectivity index (χ2v) is 17.9. The molecule has 0 aliphatic heterocycles. The third-order valence-electron chi connectivity index (χ3n) is 8.90. The molecule has 0 amide bonds. The molecule has 6 aromatic rings. The van der Waals surface area contributed by atoms with Crippen LogP contribution in [-0.4, -0.2) is 59.9 Å². The summed E-state index contributed by atoms with van der Waals surface area (Å²) < 4.78 is 15.5. The fourth-order valence-electron chi connectivity index (χ4n) is 6.09. The highest BCUT2D eigenvalue weighted by atomic mass is 35.5. The van der Waals surface area contributed by atoms with E-state index in [2.05, 4.69) is 0 Å². The Morgan fingerprint density at radius 2 is 1.02 bits per heavy atom. The molecule has 2 heterocycles. The van der Waals surface area contributed by atoms with Gasteiger partial charge in [-0.15, -0.1) is 22.7 Å². The van der Waals surface area contributed by atoms with Gasteiger partial charge < -0.3 is 24.7 Å². The summed E-state index contributed by atoms with van der Waals surface area (Å²) in [6.07, 6.45) is -0.528. The highest BCUT2D eigenvalue weighted by Crippen LogP contribution is 2.37. The molecular formula is C48H43Cl2NO9S2. The number of esters is 1. The van der Waals surface area contributed by atoms with Crippen LogP contribution in [0.5, 0.6) is 11.5 Å². The van der Waals surface area contributed by atoms with Gasteiger partial charge in [0.2, 0.25) is 11.6 Å². The fraction of sp³-hybridized carbons (Fsp3) is 0.208. The molecule has 0 saturated carbocycles. The Bertz CT molecular complexity index is 2570. The summed E-state index contributed by atoms with van der Waals surface area (Å²) in [7, 11) is 3.12. The van der Waals surface area contributed by atoms with Gasteiger partial charge in [-0.3, -0.25) is 24.0 Å². The highest BCUT2D eigenvalue weighted by Gasteiger charge is 2.23. The molecular weight excluding hydrogens is 870 g/mol. The van der Waals surface area contributed by atoms with E-state index >= 15 is 0 Å². The second kappa shape index (κ2) is 21.2. The van der Waals surface area contributed by atoms with Crippen molar-refractivity contribution in [3.63, 3.8) is 0 Å². The lowest BCUT2D eigenvalue weighted by atomic mass is 10.0. The number of thiophene rings is 2. The monoisotopic (exact) mass is 911 g/mol. The number of nitrogens with one attached hydrogen (secondary N) is 1. The summed E-state index contributed by atoms with van der Waals surface area (Å²) in [6, 6.07) is 31.4. The van der Waals surface area contributed by atoms with Crippen LogP contribution >= 0.6 is 45.9 Å². The number of rotatable bonds is 16. The molecule has 10 nitrogen and oxygen atoms in total. The van der Waals surface area contributed by atoms with Gasteiger partial charge in [0, 0.05) is 49.5 Å². The number of carboxylic acid groups (broad SMARTS) is 1. The normalized spacial score (nSPS) is 10.9. The van der Waals surface area contributed by atoms with Crippen molar-refractivity contribution in [1.82, 2.24) is 0 Å². The van der Waals surface area contributed by atoms with Crippen LogP contribution in [0, 0.1) is 5.41 Å². The summed E-state index contributed by atoms with van der Waals surface area (Å²) in [4.78, 5) is 64.6. The SMILES string of the molecule is COc1ccc(C(=O)c2cc(CC(=O)CC(=N)CC(=O)OC(C)(C)C)c(-c3ccc(Cl)cc3)s2)cc1.COc1ccc(C(=O)c2cc(CC(=O)O)c(-c3ccc(Cl)cc3)s2)cc1. The lowest BCUT2D eigenvalue weighted by Gasteiger charge is -2.19. The molecule has 0 fully saturated rings. The third-order valence-corrected chi connectivity index (χ3v) is 11.9. The zero-order chi connectivity index (χ0) is 45.1. The molecule has 0 atom stereocenters. The van der Waals surface area contributed by atoms with E-state index in [1.54, 1.807) is 120 Å². The summed E-state index contributed by atoms with van der Waals surface area (Å²) in [5, 5.41) is 18.5. The summed E-state index contributed by atoms with van der Waals surface area (Å²) in [5.74, 6) is -0.689. The number of methoxy groups -OCH3 is 2. The molecule has 0 saturated heterocycles. The second-order valence-electron chi connectivity index (χ2n) is 14.9. The Morgan fingerprint density at radius 1 is 0.613 bits per heavy atom. The van der Waals surface area contributed by atoms with E-state index in [0.717, 1.165) is 20.9 Å². The molecule has 6 rings (SSSR count). The number of ketones is 3. The number of halogens is 2. The van der Waals surface area contributed by atoms with Crippen molar-refractivity contribution in [2.24, 2.45) is 0 Å². The van der Waals surface area contributed by atoms with E-state index in [9.17, 15) is 29.1 Å². The van der Waals surface area contributed by atoms with E-state index in [-0.39, 0.29) is 48.7 Å². The van der Waals surface area contributed by atoms with Crippen molar-refractivity contribution in [2.75, 3.05) is 14.2 Å². The number of hydrogen-bond donors (Lipinski definition) is 2. The predicted molar refractivity (Wildman–Crippen MR) is 245 cm³/mol. The van der Waals surface area contributed by atoms with Gasteiger partial charge in [-0.25, -0.2) is 0 Å². The number of carbonyl (C=O) groups excluding carboxylic acids is 4. The molecule has 0 unspecified atom stereocenters. The van der Waals surface area contributed by atoms with Crippen LogP contribution in [0.15, 0.2) is 109 Å². The molecule has 2 N–H and O–H groups in total. The number of aliphatic carboxylic acids is 1. The number of carbonyl (C=O) groups is 5. The molecule has 0 aliphatic rings. The van der Waals surface area contributed by atoms with Crippen LogP contribution in [0.2, 0.25) is 10.0 Å². The molecule has 0 bridgehead atoms. The van der Waals surface area contributed by atoms with E-state index in [1.165, 1.54) is 22.7 Å². The number of Topliss-reactive ketones (excluding diaryl/α,β-unsaturated/α-hetero) is 1. The van der Waals surface area contributed by atoms with Gasteiger partial charge in [-0.1, -0.05) is 47.5 Å². The van der Waals surface area contributed by atoms with Crippen molar-refractivity contribution >= 4 is 80.9 Å². The zero-order valence-corrected chi connectivity index (χ0v) is 37.7. The van der Waals surface area contributed by atoms with Gasteiger partial charge >= 0.3 is 11.9 Å². The molecule has 0 spiro atoms. The van der Waals surface area contributed by atoms with Crippen molar-refractivity contribution in [3.05, 3.63) is 151 Å². The van der Waals surface area contributed by atoms with E-state index < -0.39 is 17.5 Å². The van der Waals surface area contributed by atoms with Gasteiger partial charge in [-0.2, -0.15) is 0 Å². The Labute approximate surface area is 377 Å². The molecule has 0 aliphatic carbocycles. The molecule has 14 heteroatoms. The maximum Gasteiger partial charge on any atom is 0.312 e. The van der Waals surface area contributed by atoms with Crippen LogP contribution in [0.25, 0.3) is 20.9 Å². The van der Waals surface area contributed by atoms with Crippen molar-refractivity contribution in [3.8, 4) is 32.4 Å². The highest BCUT2D eigenvalue weighted by molar-refractivity contribution is 7.18. The summed E-state index contributed by atoms with van der Waals surface area (Å²) >= 11 is 14.6. The van der Waals surface area contributed by atoms with Crippen molar-refractivity contribution in [2.45, 2.75) is 52.1 Å². The Kier molecular flexibility index (Phi) is 16.2. The smallest absolute Gasteiger partial charge is 0.312 e. The van der Waals surface area contributed by atoms with E-state index in [0.29, 0.717) is 53.6 Å². The van der Waals surface area contributed by atoms with Gasteiger partial charge in [0.15, 0.2) is 0 Å². The van der Waals surface area contributed by atoms with Crippen LogP contribution < -0.4 is 9.47 Å². The first kappa shape index (κ1) is 47.1. The minimum absolute atomic E-state index is 0.00736. The number of benzene rings is 4. The average Bonchev–Trinajstić information content (AvgIpc) is 3.84. The lowest BCUT2D eigenvalue weighted by molar-refractivity contribution is -0.153. The third kappa shape index (κ3) is 13.3. The summed E-state index contributed by atoms with van der Waals surface area (Å²) in [5.41, 5.74) is 3.35. The van der Waals surface area contributed by atoms with Gasteiger partial charge in [-0.05, 0) is 128 Å². The first-order valence-electron chi connectivity index (χ1n) is 19.1. The average molecular weight is 913 g/mol. The molecule has 62 heavy (non-hydrogen) atoms. The van der Waals surface area contributed by atoms with Crippen LogP contribution in [0.3, 0.4) is 0 Å². The maximum absolute atomic E-state index is 13.2. The quantitative estimate of drug-likeness (QED) is 0.0548. The minimum Gasteiger partial charge on any atom is -0.497 e. The lowest BCUT2D eigenvalue weighted by Crippen LogP contribution is -2.25. The zero-order valence-electron chi connectivity index (χ0n) is 34.5. The van der Waals surface area contributed by atoms with Gasteiger partial charge in [0.05, 0.1) is 36.8 Å². The van der Waals surface area contributed by atoms with Gasteiger partial charge in [0.1, 0.15) is 22.9 Å². The Balaban J connectivity index is 0.000000246. The number of hydrogen-bond acceptors (Lipinski definition) is 11. The number of carboxylic acids is 1. The first-order valence-corrected chi connectivity index (χ1v) is 21.5.